The van der Waals surface area contributed by atoms with Crippen LogP contribution in [0.2, 0.25) is 0 Å². The minimum atomic E-state index is -4.47. The molecule has 0 saturated carbocycles. The van der Waals surface area contributed by atoms with Crippen LogP contribution in [-0.2, 0) is 27.9 Å². The lowest BCUT2D eigenvalue weighted by Gasteiger charge is -2.27. The Hall–Kier alpha value is -3.07. The van der Waals surface area contributed by atoms with Gasteiger partial charge in [0.15, 0.2) is 0 Å². The standard InChI is InChI=1S/C62H109N2O7P/c1-7-10-13-16-19-22-25-27-29-31-32-33-35-37-40-43-46-49-52-55-62(66)71-60(53-50-47-44-41-38-24-21-18-15-12-9-3)59(58-70-72(67,68)69-57-56-64(4,5)6)63-61(65)54-51-48-45-42-39-36-34-30-28-26-23-20-17-14-11-8-2/h11,14,19-20,22-23,27-30,36,39,45,48,50,53,59-60H,7-10,12-13,15-18,21,24-26,31-35,37-38,40-44,46-47,49,51-52,54-58H2,1-6H3,(H-,63,65,67,68)/p+1/b14-11+,22-19-,23-20+,29-27-,30-28+,39-36+,48-45+,53-50+. The number of phosphoric acid groups is 1. The average Bonchev–Trinajstić information content (AvgIpc) is 3.34. The molecule has 0 aliphatic rings. The van der Waals surface area contributed by atoms with Crippen LogP contribution in [0.3, 0.4) is 0 Å². The van der Waals surface area contributed by atoms with Crippen LogP contribution in [0.5, 0.6) is 0 Å². The Labute approximate surface area is 443 Å². The van der Waals surface area contributed by atoms with Gasteiger partial charge in [-0.25, -0.2) is 4.57 Å². The molecule has 0 aliphatic heterocycles. The van der Waals surface area contributed by atoms with Gasteiger partial charge in [-0.15, -0.1) is 0 Å². The molecule has 0 fully saturated rings. The molecule has 3 unspecified atom stereocenters. The van der Waals surface area contributed by atoms with Crippen molar-refractivity contribution >= 4 is 19.7 Å². The second-order valence-electron chi connectivity index (χ2n) is 20.4. The number of likely N-dealkylation sites (N-methyl/N-ethyl adjacent to an activating group) is 1. The number of allylic oxidation sites excluding steroid dienone is 15. The van der Waals surface area contributed by atoms with E-state index in [2.05, 4.69) is 99.0 Å². The lowest BCUT2D eigenvalue weighted by Crippen LogP contribution is -2.47. The SMILES string of the molecule is CC/C=C/C/C=C/C/C=C/C/C=C/C/C=C/CCC(=O)NC(COP(=O)(O)OCC[N+](C)(C)C)C(/C=C/CCCCCCCCCCC)OC(=O)CCCCCCCCCCC/C=C\C/C=C\CCCCC. The predicted molar refractivity (Wildman–Crippen MR) is 309 cm³/mol. The minimum Gasteiger partial charge on any atom is -0.456 e. The zero-order chi connectivity index (χ0) is 52.9. The number of phosphoric ester groups is 1. The quantitative estimate of drug-likeness (QED) is 0.0205. The number of esters is 1. The maximum Gasteiger partial charge on any atom is 0.472 e. The van der Waals surface area contributed by atoms with Crippen molar-refractivity contribution in [3.8, 4) is 0 Å². The number of unbranched alkanes of at least 4 members (excludes halogenated alkanes) is 21. The van der Waals surface area contributed by atoms with Gasteiger partial charge < -0.3 is 19.4 Å². The zero-order valence-electron chi connectivity index (χ0n) is 47.1. The summed E-state index contributed by atoms with van der Waals surface area (Å²) in [7, 11) is 1.44. The van der Waals surface area contributed by atoms with Gasteiger partial charge in [-0.05, 0) is 96.0 Å². The first kappa shape index (κ1) is 68.9. The Morgan fingerprint density at radius 2 is 0.903 bits per heavy atom. The van der Waals surface area contributed by atoms with Gasteiger partial charge in [-0.3, -0.25) is 18.6 Å². The molecule has 0 bridgehead atoms. The summed E-state index contributed by atoms with van der Waals surface area (Å²) in [6, 6.07) is -0.894. The van der Waals surface area contributed by atoms with E-state index in [9.17, 15) is 19.0 Å². The molecule has 0 rings (SSSR count). The van der Waals surface area contributed by atoms with E-state index in [0.717, 1.165) is 89.9 Å². The van der Waals surface area contributed by atoms with Gasteiger partial charge in [0.05, 0.1) is 33.8 Å². The number of hydrogen-bond acceptors (Lipinski definition) is 6. The first-order valence-electron chi connectivity index (χ1n) is 29.1. The number of carbonyl (C=O) groups is 2. The predicted octanol–water partition coefficient (Wildman–Crippen LogP) is 17.6. The van der Waals surface area contributed by atoms with Crippen molar-refractivity contribution in [3.05, 3.63) is 97.2 Å². The van der Waals surface area contributed by atoms with E-state index in [-0.39, 0.29) is 37.9 Å². The average molecular weight is 1030 g/mol. The zero-order valence-corrected chi connectivity index (χ0v) is 48.0. The summed E-state index contributed by atoms with van der Waals surface area (Å²) in [6.45, 7) is 6.79. The number of quaternary nitrogens is 1. The van der Waals surface area contributed by atoms with Gasteiger partial charge >= 0.3 is 13.8 Å². The van der Waals surface area contributed by atoms with E-state index in [1.54, 1.807) is 0 Å². The fourth-order valence-electron chi connectivity index (χ4n) is 7.78. The lowest BCUT2D eigenvalue weighted by molar-refractivity contribution is -0.870. The first-order valence-corrected chi connectivity index (χ1v) is 30.6. The number of ether oxygens (including phenoxy) is 1. The third kappa shape index (κ3) is 51.8. The number of nitrogens with one attached hydrogen (secondary N) is 1. The van der Waals surface area contributed by atoms with Crippen LogP contribution >= 0.6 is 7.82 Å². The molecule has 3 atom stereocenters. The van der Waals surface area contributed by atoms with Crippen LogP contribution in [0.25, 0.3) is 0 Å². The molecule has 0 radical (unpaired) electrons. The smallest absolute Gasteiger partial charge is 0.456 e. The summed E-state index contributed by atoms with van der Waals surface area (Å²) >= 11 is 0. The fraction of sp³-hybridized carbons (Fsp3) is 0.710. The van der Waals surface area contributed by atoms with Crippen LogP contribution < -0.4 is 5.32 Å². The number of hydrogen-bond donors (Lipinski definition) is 2. The summed E-state index contributed by atoms with van der Waals surface area (Å²) in [4.78, 5) is 37.5. The first-order chi connectivity index (χ1) is 34.9. The Balaban J connectivity index is 5.39. The second kappa shape index (κ2) is 51.4. The van der Waals surface area contributed by atoms with Crippen LogP contribution in [-0.4, -0.2) is 74.3 Å². The van der Waals surface area contributed by atoms with Gasteiger partial charge in [-0.2, -0.15) is 0 Å². The molecule has 2 N–H and O–H groups in total. The van der Waals surface area contributed by atoms with Crippen molar-refractivity contribution in [2.24, 2.45) is 0 Å². The maximum atomic E-state index is 13.5. The van der Waals surface area contributed by atoms with Gasteiger partial charge in [-0.1, -0.05) is 221 Å². The molecule has 0 aliphatic carbocycles. The third-order valence-electron chi connectivity index (χ3n) is 12.3. The van der Waals surface area contributed by atoms with Crippen molar-refractivity contribution in [2.75, 3.05) is 40.9 Å². The molecule has 0 aromatic rings. The topological polar surface area (TPSA) is 111 Å². The summed E-state index contributed by atoms with van der Waals surface area (Å²) in [5, 5.41) is 2.99. The van der Waals surface area contributed by atoms with Crippen LogP contribution in [0.15, 0.2) is 97.2 Å². The van der Waals surface area contributed by atoms with Crippen molar-refractivity contribution < 1.29 is 37.3 Å². The van der Waals surface area contributed by atoms with Gasteiger partial charge in [0, 0.05) is 12.8 Å². The molecule has 1 amide bonds. The largest absolute Gasteiger partial charge is 0.472 e. The lowest BCUT2D eigenvalue weighted by atomic mass is 10.1. The van der Waals surface area contributed by atoms with Gasteiger partial charge in [0.25, 0.3) is 0 Å². The van der Waals surface area contributed by atoms with Crippen LogP contribution in [0.4, 0.5) is 0 Å². The number of rotatable bonds is 51. The summed E-state index contributed by atoms with van der Waals surface area (Å²) in [5.41, 5.74) is 0. The van der Waals surface area contributed by atoms with E-state index in [4.69, 9.17) is 13.8 Å². The van der Waals surface area contributed by atoms with E-state index in [1.165, 1.54) is 103 Å². The highest BCUT2D eigenvalue weighted by molar-refractivity contribution is 7.47. The van der Waals surface area contributed by atoms with E-state index in [1.807, 2.05) is 45.4 Å². The highest BCUT2D eigenvalue weighted by atomic mass is 31.2. The summed E-state index contributed by atoms with van der Waals surface area (Å²) < 4.78 is 30.5. The monoisotopic (exact) mass is 1030 g/mol. The van der Waals surface area contributed by atoms with Crippen molar-refractivity contribution in [3.63, 3.8) is 0 Å². The van der Waals surface area contributed by atoms with Crippen LogP contribution in [0.1, 0.15) is 233 Å². The minimum absolute atomic E-state index is 0.0220. The molecule has 0 aromatic heterocycles. The number of carbonyl (C=O) groups excluding carboxylic acids is 2. The Morgan fingerprint density at radius 3 is 1.39 bits per heavy atom. The van der Waals surface area contributed by atoms with Gasteiger partial charge in [0.2, 0.25) is 5.91 Å². The van der Waals surface area contributed by atoms with Crippen LogP contribution in [0, 0.1) is 0 Å². The Morgan fingerprint density at radius 1 is 0.500 bits per heavy atom. The second-order valence-corrected chi connectivity index (χ2v) is 21.9. The summed E-state index contributed by atoms with van der Waals surface area (Å²) in [5.74, 6) is -0.612. The molecule has 72 heavy (non-hydrogen) atoms. The molecular formula is C62H110N2O7P+. The van der Waals surface area contributed by atoms with Crippen molar-refractivity contribution in [2.45, 2.75) is 245 Å². The number of amides is 1. The Kier molecular flexibility index (Phi) is 49.2. The van der Waals surface area contributed by atoms with Crippen molar-refractivity contribution in [1.29, 1.82) is 0 Å². The molecular weight excluding hydrogens is 916 g/mol. The molecule has 9 nitrogen and oxygen atoms in total. The van der Waals surface area contributed by atoms with E-state index >= 15 is 0 Å². The molecule has 10 heteroatoms. The van der Waals surface area contributed by atoms with E-state index in [0.29, 0.717) is 17.4 Å². The van der Waals surface area contributed by atoms with E-state index < -0.39 is 20.0 Å². The molecule has 0 saturated heterocycles. The molecule has 0 spiro atoms. The number of nitrogens with zero attached hydrogens (tertiary/aromatic N) is 1. The molecule has 0 aromatic carbocycles. The highest BCUT2D eigenvalue weighted by Crippen LogP contribution is 2.43. The maximum absolute atomic E-state index is 13.5. The highest BCUT2D eigenvalue weighted by Gasteiger charge is 2.30. The normalized spacial score (nSPS) is 14.5. The fourth-order valence-corrected chi connectivity index (χ4v) is 8.52. The third-order valence-corrected chi connectivity index (χ3v) is 13.3. The summed E-state index contributed by atoms with van der Waals surface area (Å²) in [6.07, 6.45) is 68.5. The van der Waals surface area contributed by atoms with Crippen molar-refractivity contribution in [1.82, 2.24) is 5.32 Å². The van der Waals surface area contributed by atoms with Gasteiger partial charge in [0.1, 0.15) is 19.3 Å². The Bertz CT molecular complexity index is 1560. The molecule has 414 valence electrons. The molecule has 0 heterocycles.